The fourth-order valence-electron chi connectivity index (χ4n) is 2.66. The molecule has 0 nitrogen and oxygen atoms in total. The lowest BCUT2D eigenvalue weighted by Gasteiger charge is -2.35. The van der Waals surface area contributed by atoms with E-state index >= 15 is 0 Å². The molecule has 0 N–H and O–H groups in total. The van der Waals surface area contributed by atoms with Gasteiger partial charge in [-0.15, -0.1) is 0 Å². The van der Waals surface area contributed by atoms with E-state index in [1.165, 1.54) is 32.1 Å². The summed E-state index contributed by atoms with van der Waals surface area (Å²) in [5.41, 5.74) is 0. The maximum Gasteiger partial charge on any atom is -0.0202 e. The summed E-state index contributed by atoms with van der Waals surface area (Å²) >= 11 is 0. The van der Waals surface area contributed by atoms with Crippen molar-refractivity contribution < 1.29 is 0 Å². The molecule has 0 aromatic heterocycles. The van der Waals surface area contributed by atoms with Gasteiger partial charge in [-0.3, -0.25) is 0 Å². The van der Waals surface area contributed by atoms with E-state index in [1.54, 1.807) is 0 Å². The van der Waals surface area contributed by atoms with Crippen LogP contribution in [0.5, 0.6) is 0 Å². The second kappa shape index (κ2) is 5.47. The highest BCUT2D eigenvalue weighted by Gasteiger charge is 2.27. The van der Waals surface area contributed by atoms with Crippen molar-refractivity contribution >= 4 is 0 Å². The normalized spacial score (nSPS) is 37.3. The molecule has 2 aliphatic rings. The average molecular weight is 180 g/mol. The third-order valence-corrected chi connectivity index (χ3v) is 3.40. The lowest BCUT2D eigenvalue weighted by molar-refractivity contribution is 0.210. The fourth-order valence-corrected chi connectivity index (χ4v) is 2.66. The van der Waals surface area contributed by atoms with Gasteiger partial charge in [0.05, 0.1) is 0 Å². The van der Waals surface area contributed by atoms with E-state index in [1.807, 2.05) is 13.8 Å². The Morgan fingerprint density at radius 2 is 1.85 bits per heavy atom. The number of hydrogen-bond donors (Lipinski definition) is 0. The molecule has 3 unspecified atom stereocenters. The molecule has 0 heterocycles. The van der Waals surface area contributed by atoms with Gasteiger partial charge in [0.25, 0.3) is 0 Å². The molecule has 0 radical (unpaired) electrons. The third kappa shape index (κ3) is 2.86. The summed E-state index contributed by atoms with van der Waals surface area (Å²) in [6, 6.07) is 0. The molecule has 13 heavy (non-hydrogen) atoms. The molecule has 0 bridgehead atoms. The second-order valence-corrected chi connectivity index (χ2v) is 4.35. The molecule has 2 aliphatic carbocycles. The van der Waals surface area contributed by atoms with Crippen LogP contribution < -0.4 is 0 Å². The molecule has 0 spiro atoms. The van der Waals surface area contributed by atoms with Crippen molar-refractivity contribution in [3.8, 4) is 0 Å². The van der Waals surface area contributed by atoms with Gasteiger partial charge in [0.15, 0.2) is 0 Å². The predicted octanol–water partition coefficient (Wildman–Crippen LogP) is 4.42. The largest absolute Gasteiger partial charge is 0.0882 e. The third-order valence-electron chi connectivity index (χ3n) is 3.40. The molecule has 2 rings (SSSR count). The Hall–Kier alpha value is -0.260. The Balaban J connectivity index is 0.000000396. The Morgan fingerprint density at radius 1 is 1.08 bits per heavy atom. The molecule has 0 aromatic carbocycles. The molecule has 1 saturated carbocycles. The molecule has 0 heteroatoms. The topological polar surface area (TPSA) is 0 Å². The maximum atomic E-state index is 2.48. The van der Waals surface area contributed by atoms with E-state index in [9.17, 15) is 0 Å². The van der Waals surface area contributed by atoms with Gasteiger partial charge in [0.2, 0.25) is 0 Å². The van der Waals surface area contributed by atoms with Crippen LogP contribution in [0.2, 0.25) is 0 Å². The van der Waals surface area contributed by atoms with Crippen LogP contribution in [-0.4, -0.2) is 0 Å². The smallest absolute Gasteiger partial charge is 0.0202 e. The molecule has 0 aromatic rings. The van der Waals surface area contributed by atoms with Gasteiger partial charge in [0.1, 0.15) is 0 Å². The molecule has 3 atom stereocenters. The van der Waals surface area contributed by atoms with E-state index < -0.39 is 0 Å². The zero-order valence-corrected chi connectivity index (χ0v) is 9.42. The van der Waals surface area contributed by atoms with Crippen molar-refractivity contribution in [2.24, 2.45) is 17.8 Å². The lowest BCUT2D eigenvalue weighted by Crippen LogP contribution is -2.23. The molecular formula is C13H24. The van der Waals surface area contributed by atoms with Crippen LogP contribution in [0, 0.1) is 17.8 Å². The van der Waals surface area contributed by atoms with Gasteiger partial charge in [-0.25, -0.2) is 0 Å². The molecule has 0 aliphatic heterocycles. The van der Waals surface area contributed by atoms with Crippen molar-refractivity contribution in [1.29, 1.82) is 0 Å². The van der Waals surface area contributed by atoms with Gasteiger partial charge in [0, 0.05) is 0 Å². The van der Waals surface area contributed by atoms with Gasteiger partial charge in [-0.05, 0) is 43.4 Å². The van der Waals surface area contributed by atoms with Crippen molar-refractivity contribution in [2.75, 3.05) is 0 Å². The minimum absolute atomic E-state index is 0.951. The fraction of sp³-hybridized carbons (Fsp3) is 0.846. The SMILES string of the molecule is CC.CC1CCC2CCC=CC2C1. The zero-order chi connectivity index (χ0) is 9.68. The number of hydrogen-bond acceptors (Lipinski definition) is 0. The summed E-state index contributed by atoms with van der Waals surface area (Å²) in [6.45, 7) is 6.40. The van der Waals surface area contributed by atoms with Gasteiger partial charge >= 0.3 is 0 Å². The Morgan fingerprint density at radius 3 is 2.62 bits per heavy atom. The van der Waals surface area contributed by atoms with Crippen LogP contribution in [-0.2, 0) is 0 Å². The van der Waals surface area contributed by atoms with Crippen molar-refractivity contribution in [3.05, 3.63) is 12.2 Å². The average Bonchev–Trinajstić information content (AvgIpc) is 2.21. The highest BCUT2D eigenvalue weighted by molar-refractivity contribution is 4.99. The summed E-state index contributed by atoms with van der Waals surface area (Å²) in [4.78, 5) is 0. The van der Waals surface area contributed by atoms with E-state index in [4.69, 9.17) is 0 Å². The quantitative estimate of drug-likeness (QED) is 0.484. The predicted molar refractivity (Wildman–Crippen MR) is 59.7 cm³/mol. The first kappa shape index (κ1) is 10.8. The Labute approximate surface area is 83.4 Å². The van der Waals surface area contributed by atoms with E-state index in [2.05, 4.69) is 19.1 Å². The molecule has 0 amide bonds. The van der Waals surface area contributed by atoms with Gasteiger partial charge in [-0.1, -0.05) is 39.3 Å². The number of allylic oxidation sites excluding steroid dienone is 2. The van der Waals surface area contributed by atoms with Crippen molar-refractivity contribution in [2.45, 2.75) is 52.9 Å². The van der Waals surface area contributed by atoms with Crippen molar-refractivity contribution in [3.63, 3.8) is 0 Å². The van der Waals surface area contributed by atoms with E-state index in [0.29, 0.717) is 0 Å². The molecule has 0 saturated heterocycles. The summed E-state index contributed by atoms with van der Waals surface area (Å²) in [6.07, 6.45) is 12.1. The van der Waals surface area contributed by atoms with Crippen LogP contribution in [0.3, 0.4) is 0 Å². The number of fused-ring (bicyclic) bond motifs is 1. The summed E-state index contributed by atoms with van der Waals surface area (Å²) in [7, 11) is 0. The van der Waals surface area contributed by atoms with Crippen LogP contribution in [0.4, 0.5) is 0 Å². The number of rotatable bonds is 0. The molecule has 76 valence electrons. The first-order valence-electron chi connectivity index (χ1n) is 6.03. The summed E-state index contributed by atoms with van der Waals surface area (Å²) in [5.74, 6) is 2.99. The highest BCUT2D eigenvalue weighted by Crippen LogP contribution is 2.39. The first-order chi connectivity index (χ1) is 6.36. The van der Waals surface area contributed by atoms with Crippen molar-refractivity contribution in [1.82, 2.24) is 0 Å². The van der Waals surface area contributed by atoms with Gasteiger partial charge < -0.3 is 0 Å². The van der Waals surface area contributed by atoms with Crippen LogP contribution >= 0.6 is 0 Å². The minimum Gasteiger partial charge on any atom is -0.0882 e. The van der Waals surface area contributed by atoms with Gasteiger partial charge in [-0.2, -0.15) is 0 Å². The second-order valence-electron chi connectivity index (χ2n) is 4.35. The van der Waals surface area contributed by atoms with E-state index in [0.717, 1.165) is 17.8 Å². The zero-order valence-electron chi connectivity index (χ0n) is 9.42. The van der Waals surface area contributed by atoms with Crippen LogP contribution in [0.15, 0.2) is 12.2 Å². The Kier molecular flexibility index (Phi) is 4.55. The molecule has 1 fully saturated rings. The summed E-state index contributed by atoms with van der Waals surface area (Å²) in [5, 5.41) is 0. The van der Waals surface area contributed by atoms with Crippen LogP contribution in [0.1, 0.15) is 52.9 Å². The van der Waals surface area contributed by atoms with E-state index in [-0.39, 0.29) is 0 Å². The monoisotopic (exact) mass is 180 g/mol. The Bertz CT molecular complexity index is 157. The lowest BCUT2D eigenvalue weighted by atomic mass is 9.71. The van der Waals surface area contributed by atoms with Crippen LogP contribution in [0.25, 0.3) is 0 Å². The standard InChI is InChI=1S/C11H18.C2H6/c1-9-6-7-10-4-2-3-5-11(10)8-9;1-2/h3,5,9-11H,2,4,6-8H2,1H3;1-2H3. The molecular weight excluding hydrogens is 156 g/mol. The summed E-state index contributed by atoms with van der Waals surface area (Å²) < 4.78 is 0. The first-order valence-corrected chi connectivity index (χ1v) is 6.03. The maximum absolute atomic E-state index is 2.48. The highest BCUT2D eigenvalue weighted by atomic mass is 14.3. The minimum atomic E-state index is 0.951.